The Balaban J connectivity index is 1.63. The van der Waals surface area contributed by atoms with Crippen molar-refractivity contribution in [3.63, 3.8) is 0 Å². The van der Waals surface area contributed by atoms with Gasteiger partial charge in [0.15, 0.2) is 0 Å². The van der Waals surface area contributed by atoms with Crippen LogP contribution in [0.4, 0.5) is 0 Å². The van der Waals surface area contributed by atoms with E-state index in [1.54, 1.807) is 17.7 Å². The first kappa shape index (κ1) is 28.3. The molecule has 7 nitrogen and oxygen atoms in total. The summed E-state index contributed by atoms with van der Waals surface area (Å²) in [6.45, 7) is 8.54. The fraction of sp³-hybridized carbons (Fsp3) is 0.200. The SMILES string of the molecule is CC1=C(C#N)C(=O)N(Cc2ccccc2)C(=O)/C1=C/c1cn(-c2ccccc2)nc1-c1ccc(OCC(C)C)cc1C. The van der Waals surface area contributed by atoms with E-state index in [9.17, 15) is 14.9 Å². The molecule has 1 aliphatic rings. The Bertz CT molecular complexity index is 1740. The van der Waals surface area contributed by atoms with Gasteiger partial charge in [0, 0.05) is 22.9 Å². The Morgan fingerprint density at radius 3 is 2.29 bits per heavy atom. The number of benzene rings is 3. The van der Waals surface area contributed by atoms with Crippen LogP contribution in [0, 0.1) is 24.2 Å². The molecule has 0 bridgehead atoms. The van der Waals surface area contributed by atoms with E-state index < -0.39 is 11.8 Å². The Morgan fingerprint density at radius 1 is 0.952 bits per heavy atom. The average Bonchev–Trinajstić information content (AvgIpc) is 3.41. The van der Waals surface area contributed by atoms with Crippen LogP contribution in [0.25, 0.3) is 23.0 Å². The predicted octanol–water partition coefficient (Wildman–Crippen LogP) is 6.68. The van der Waals surface area contributed by atoms with E-state index in [0.717, 1.165) is 33.0 Å². The van der Waals surface area contributed by atoms with Crippen LogP contribution >= 0.6 is 0 Å². The van der Waals surface area contributed by atoms with Gasteiger partial charge in [-0.25, -0.2) is 4.68 Å². The zero-order valence-corrected chi connectivity index (χ0v) is 24.2. The average molecular weight is 557 g/mol. The van der Waals surface area contributed by atoms with E-state index in [-0.39, 0.29) is 17.7 Å². The second-order valence-electron chi connectivity index (χ2n) is 10.7. The van der Waals surface area contributed by atoms with Crippen LogP contribution in [0.2, 0.25) is 0 Å². The van der Waals surface area contributed by atoms with Gasteiger partial charge in [0.2, 0.25) is 0 Å². The van der Waals surface area contributed by atoms with E-state index in [4.69, 9.17) is 9.84 Å². The molecule has 0 N–H and O–H groups in total. The molecule has 4 aromatic rings. The molecule has 5 rings (SSSR count). The molecule has 0 aliphatic carbocycles. The Morgan fingerprint density at radius 2 is 1.64 bits per heavy atom. The van der Waals surface area contributed by atoms with Gasteiger partial charge in [-0.1, -0.05) is 62.4 Å². The highest BCUT2D eigenvalue weighted by molar-refractivity contribution is 6.19. The smallest absolute Gasteiger partial charge is 0.271 e. The molecule has 0 saturated carbocycles. The van der Waals surface area contributed by atoms with Crippen LogP contribution in [0.3, 0.4) is 0 Å². The minimum Gasteiger partial charge on any atom is -0.493 e. The zero-order chi connectivity index (χ0) is 29.8. The topological polar surface area (TPSA) is 88.2 Å². The summed E-state index contributed by atoms with van der Waals surface area (Å²) in [5, 5.41) is 14.8. The van der Waals surface area contributed by atoms with Gasteiger partial charge in [0.05, 0.1) is 18.8 Å². The van der Waals surface area contributed by atoms with Crippen molar-refractivity contribution in [1.82, 2.24) is 14.7 Å². The van der Waals surface area contributed by atoms with Crippen molar-refractivity contribution in [2.45, 2.75) is 34.2 Å². The molecule has 42 heavy (non-hydrogen) atoms. The third kappa shape index (κ3) is 5.79. The van der Waals surface area contributed by atoms with E-state index >= 15 is 0 Å². The van der Waals surface area contributed by atoms with Crippen LogP contribution < -0.4 is 4.74 Å². The molecule has 2 amide bonds. The van der Waals surface area contributed by atoms with Crippen molar-refractivity contribution in [3.05, 3.63) is 118 Å². The third-order valence-electron chi connectivity index (χ3n) is 7.11. The van der Waals surface area contributed by atoms with Crippen LogP contribution in [-0.4, -0.2) is 33.1 Å². The van der Waals surface area contributed by atoms with Crippen LogP contribution in [0.5, 0.6) is 5.75 Å². The molecular formula is C35H32N4O3. The first-order valence-electron chi connectivity index (χ1n) is 13.9. The lowest BCUT2D eigenvalue weighted by atomic mass is 9.92. The number of para-hydroxylation sites is 1. The Labute approximate surface area is 246 Å². The number of aromatic nitrogens is 2. The first-order chi connectivity index (χ1) is 20.3. The van der Waals surface area contributed by atoms with Gasteiger partial charge in [0.1, 0.15) is 23.1 Å². The number of nitrogens with zero attached hydrogens (tertiary/aromatic N) is 4. The molecular weight excluding hydrogens is 524 g/mol. The van der Waals surface area contributed by atoms with Crippen LogP contribution in [0.1, 0.15) is 37.5 Å². The zero-order valence-electron chi connectivity index (χ0n) is 24.2. The number of nitriles is 1. The first-order valence-corrected chi connectivity index (χ1v) is 13.9. The van der Waals surface area contributed by atoms with Gasteiger partial charge in [-0.2, -0.15) is 10.4 Å². The number of amides is 2. The van der Waals surface area contributed by atoms with E-state index in [1.165, 1.54) is 0 Å². The number of rotatable bonds is 8. The van der Waals surface area contributed by atoms with Crippen LogP contribution in [-0.2, 0) is 16.1 Å². The Hall–Kier alpha value is -5.22. The highest BCUT2D eigenvalue weighted by Crippen LogP contribution is 2.34. The maximum atomic E-state index is 13.8. The predicted molar refractivity (Wildman–Crippen MR) is 162 cm³/mol. The molecule has 7 heteroatoms. The molecule has 0 fully saturated rings. The summed E-state index contributed by atoms with van der Waals surface area (Å²) >= 11 is 0. The van der Waals surface area contributed by atoms with Crippen molar-refractivity contribution >= 4 is 17.9 Å². The van der Waals surface area contributed by atoms with Crippen molar-refractivity contribution in [1.29, 1.82) is 5.26 Å². The normalized spacial score (nSPS) is 14.6. The molecule has 1 aromatic heterocycles. The van der Waals surface area contributed by atoms with Gasteiger partial charge in [-0.15, -0.1) is 0 Å². The number of carbonyl (C=O) groups excluding carboxylic acids is 2. The van der Waals surface area contributed by atoms with Gasteiger partial charge in [0.25, 0.3) is 11.8 Å². The summed E-state index contributed by atoms with van der Waals surface area (Å²) in [5.74, 6) is 0.144. The van der Waals surface area contributed by atoms with Gasteiger partial charge >= 0.3 is 0 Å². The summed E-state index contributed by atoms with van der Waals surface area (Å²) in [5.41, 5.74) is 5.46. The molecule has 210 valence electrons. The number of hydrogen-bond donors (Lipinski definition) is 0. The monoisotopic (exact) mass is 556 g/mol. The molecule has 3 aromatic carbocycles. The van der Waals surface area contributed by atoms with Crippen molar-refractivity contribution in [3.8, 4) is 28.8 Å². The number of ether oxygens (including phenoxy) is 1. The van der Waals surface area contributed by atoms with Crippen LogP contribution in [0.15, 0.2) is 102 Å². The molecule has 1 aliphatic heterocycles. The van der Waals surface area contributed by atoms with Gasteiger partial charge in [-0.05, 0) is 72.9 Å². The van der Waals surface area contributed by atoms with Crippen molar-refractivity contribution in [2.75, 3.05) is 6.61 Å². The van der Waals surface area contributed by atoms with E-state index in [2.05, 4.69) is 13.8 Å². The molecule has 2 heterocycles. The summed E-state index contributed by atoms with van der Waals surface area (Å²) in [6, 6.07) is 26.9. The maximum Gasteiger partial charge on any atom is 0.271 e. The quantitative estimate of drug-likeness (QED) is 0.179. The molecule has 0 saturated heterocycles. The fourth-order valence-corrected chi connectivity index (χ4v) is 4.86. The standard InChI is InChI=1S/C35H32N4O3/c1-23(2)22-42-29-15-16-30(24(3)17-29)33-27(21-39(37-33)28-13-9-6-10-14-28)18-31-25(4)32(19-36)35(41)38(34(31)40)20-26-11-7-5-8-12-26/h5-18,21,23H,20,22H2,1-4H3/b31-18+. The van der Waals surface area contributed by atoms with Gasteiger partial charge in [-0.3, -0.25) is 14.5 Å². The summed E-state index contributed by atoms with van der Waals surface area (Å²) in [7, 11) is 0. The molecule has 0 atom stereocenters. The molecule has 0 spiro atoms. The molecule has 0 unspecified atom stereocenters. The lowest BCUT2D eigenvalue weighted by Crippen LogP contribution is -2.42. The third-order valence-corrected chi connectivity index (χ3v) is 7.11. The lowest BCUT2D eigenvalue weighted by molar-refractivity contribution is -0.141. The highest BCUT2D eigenvalue weighted by atomic mass is 16.5. The minimum absolute atomic E-state index is 0.0448. The summed E-state index contributed by atoms with van der Waals surface area (Å²) in [4.78, 5) is 28.2. The van der Waals surface area contributed by atoms with Gasteiger partial charge < -0.3 is 4.74 Å². The number of hydrogen-bond acceptors (Lipinski definition) is 5. The van der Waals surface area contributed by atoms with Crippen molar-refractivity contribution < 1.29 is 14.3 Å². The number of aryl methyl sites for hydroxylation is 1. The second kappa shape index (κ2) is 12.1. The number of imide groups is 1. The highest BCUT2D eigenvalue weighted by Gasteiger charge is 2.35. The summed E-state index contributed by atoms with van der Waals surface area (Å²) in [6.07, 6.45) is 3.61. The molecule has 0 radical (unpaired) electrons. The second-order valence-corrected chi connectivity index (χ2v) is 10.7. The largest absolute Gasteiger partial charge is 0.493 e. The maximum absolute atomic E-state index is 13.8. The number of carbonyl (C=O) groups is 2. The van der Waals surface area contributed by atoms with E-state index in [1.807, 2.05) is 98.1 Å². The lowest BCUT2D eigenvalue weighted by Gasteiger charge is -2.27. The minimum atomic E-state index is -0.589. The van der Waals surface area contributed by atoms with Crippen molar-refractivity contribution in [2.24, 2.45) is 5.92 Å². The summed E-state index contributed by atoms with van der Waals surface area (Å²) < 4.78 is 7.70. The fourth-order valence-electron chi connectivity index (χ4n) is 4.86. The van der Waals surface area contributed by atoms with E-state index in [0.29, 0.717) is 29.4 Å². The Kier molecular flexibility index (Phi) is 8.16.